The van der Waals surface area contributed by atoms with Crippen LogP contribution in [-0.4, -0.2) is 0 Å². The summed E-state index contributed by atoms with van der Waals surface area (Å²) in [5.41, 5.74) is 10.8. The molecule has 0 aliphatic rings. The molecule has 2 N–H and O–H groups in total. The average molecular weight is 294 g/mol. The molecule has 0 bridgehead atoms. The summed E-state index contributed by atoms with van der Waals surface area (Å²) in [7, 11) is 0. The molecule has 3 heteroatoms. The summed E-state index contributed by atoms with van der Waals surface area (Å²) >= 11 is 3.53. The second kappa shape index (κ2) is 4.67. The van der Waals surface area contributed by atoms with E-state index in [1.807, 2.05) is 13.0 Å². The van der Waals surface area contributed by atoms with Gasteiger partial charge in [-0.3, -0.25) is 0 Å². The molecule has 0 amide bonds. The first-order valence-electron chi connectivity index (χ1n) is 5.56. The lowest BCUT2D eigenvalue weighted by Crippen LogP contribution is -2.12. The van der Waals surface area contributed by atoms with Gasteiger partial charge in [0.05, 0.1) is 12.3 Å². The fourth-order valence-corrected chi connectivity index (χ4v) is 2.40. The van der Waals surface area contributed by atoms with Crippen LogP contribution in [0.5, 0.6) is 0 Å². The van der Waals surface area contributed by atoms with Crippen molar-refractivity contribution in [1.82, 2.24) is 0 Å². The molecule has 1 aromatic carbocycles. The first kappa shape index (κ1) is 12.4. The minimum Gasteiger partial charge on any atom is -0.469 e. The van der Waals surface area contributed by atoms with E-state index in [9.17, 15) is 0 Å². The second-order valence-corrected chi connectivity index (χ2v) is 5.28. The van der Waals surface area contributed by atoms with Gasteiger partial charge >= 0.3 is 0 Å². The minimum atomic E-state index is -0.126. The van der Waals surface area contributed by atoms with Gasteiger partial charge in [0.2, 0.25) is 0 Å². The normalized spacial score (nSPS) is 12.8. The number of nitrogens with two attached hydrogens (primary N) is 1. The molecule has 0 fully saturated rings. The molecule has 0 aliphatic carbocycles. The summed E-state index contributed by atoms with van der Waals surface area (Å²) < 4.78 is 6.43. The van der Waals surface area contributed by atoms with Crippen LogP contribution < -0.4 is 5.73 Å². The molecule has 2 nitrogen and oxygen atoms in total. The fourth-order valence-electron chi connectivity index (χ4n) is 1.94. The van der Waals surface area contributed by atoms with Crippen molar-refractivity contribution in [3.8, 4) is 0 Å². The molecule has 0 spiro atoms. The van der Waals surface area contributed by atoms with Gasteiger partial charge in [-0.15, -0.1) is 0 Å². The van der Waals surface area contributed by atoms with E-state index < -0.39 is 0 Å². The zero-order valence-corrected chi connectivity index (χ0v) is 11.8. The van der Waals surface area contributed by atoms with Gasteiger partial charge in [-0.05, 0) is 49.6 Å². The molecule has 17 heavy (non-hydrogen) atoms. The standard InChI is InChI=1S/C14H16BrNO/c1-8-5-13(15)9(2)4-12(8)14(16)11-6-10(3)17-7-11/h4-7,14H,16H2,1-3H3. The van der Waals surface area contributed by atoms with Gasteiger partial charge in [0.15, 0.2) is 0 Å². The van der Waals surface area contributed by atoms with Gasteiger partial charge in [-0.1, -0.05) is 22.0 Å². The van der Waals surface area contributed by atoms with Crippen molar-refractivity contribution >= 4 is 15.9 Å². The van der Waals surface area contributed by atoms with Gasteiger partial charge in [0.25, 0.3) is 0 Å². The predicted octanol–water partition coefficient (Wildman–Crippen LogP) is 4.02. The molecule has 0 radical (unpaired) electrons. The Kier molecular flexibility index (Phi) is 3.40. The first-order chi connectivity index (χ1) is 7.99. The molecule has 1 unspecified atom stereocenters. The highest BCUT2D eigenvalue weighted by Gasteiger charge is 2.14. The Labute approximate surface area is 110 Å². The van der Waals surface area contributed by atoms with E-state index in [2.05, 4.69) is 41.9 Å². The lowest BCUT2D eigenvalue weighted by molar-refractivity contribution is 0.530. The second-order valence-electron chi connectivity index (χ2n) is 4.43. The summed E-state index contributed by atoms with van der Waals surface area (Å²) in [5, 5.41) is 0. The van der Waals surface area contributed by atoms with Crippen molar-refractivity contribution in [2.75, 3.05) is 0 Å². The Morgan fingerprint density at radius 1 is 1.12 bits per heavy atom. The van der Waals surface area contributed by atoms with E-state index in [0.717, 1.165) is 21.4 Å². The Bertz CT molecular complexity index is 545. The molecule has 90 valence electrons. The maximum absolute atomic E-state index is 6.27. The fraction of sp³-hybridized carbons (Fsp3) is 0.286. The Morgan fingerprint density at radius 3 is 2.41 bits per heavy atom. The van der Waals surface area contributed by atoms with E-state index in [4.69, 9.17) is 10.2 Å². The molecular weight excluding hydrogens is 278 g/mol. The van der Waals surface area contributed by atoms with Crippen LogP contribution in [0.15, 0.2) is 33.4 Å². The molecule has 1 heterocycles. The van der Waals surface area contributed by atoms with Crippen LogP contribution in [0.25, 0.3) is 0 Å². The summed E-state index contributed by atoms with van der Waals surface area (Å²) in [4.78, 5) is 0. The van der Waals surface area contributed by atoms with Crippen LogP contribution in [0, 0.1) is 20.8 Å². The molecule has 1 aromatic heterocycles. The highest BCUT2D eigenvalue weighted by Crippen LogP contribution is 2.28. The molecular formula is C14H16BrNO. The van der Waals surface area contributed by atoms with Gasteiger partial charge in [0, 0.05) is 10.0 Å². The lowest BCUT2D eigenvalue weighted by atomic mass is 9.96. The van der Waals surface area contributed by atoms with E-state index >= 15 is 0 Å². The molecule has 0 saturated heterocycles. The zero-order chi connectivity index (χ0) is 12.6. The Morgan fingerprint density at radius 2 is 1.82 bits per heavy atom. The van der Waals surface area contributed by atoms with Crippen molar-refractivity contribution in [3.63, 3.8) is 0 Å². The third-order valence-corrected chi connectivity index (χ3v) is 3.85. The lowest BCUT2D eigenvalue weighted by Gasteiger charge is -2.15. The monoisotopic (exact) mass is 293 g/mol. The first-order valence-corrected chi connectivity index (χ1v) is 6.35. The van der Waals surface area contributed by atoms with Crippen LogP contribution in [0.2, 0.25) is 0 Å². The Balaban J connectivity index is 2.43. The third-order valence-electron chi connectivity index (χ3n) is 2.99. The molecule has 2 aromatic rings. The van der Waals surface area contributed by atoms with Crippen molar-refractivity contribution in [2.45, 2.75) is 26.8 Å². The SMILES string of the molecule is Cc1cc(C(N)c2cc(C)c(Br)cc2C)co1. The number of hydrogen-bond donors (Lipinski definition) is 1. The summed E-state index contributed by atoms with van der Waals surface area (Å²) in [5.74, 6) is 0.891. The van der Waals surface area contributed by atoms with Gasteiger partial charge in [-0.25, -0.2) is 0 Å². The van der Waals surface area contributed by atoms with Crippen LogP contribution in [0.3, 0.4) is 0 Å². The van der Waals surface area contributed by atoms with Gasteiger partial charge < -0.3 is 10.2 Å². The van der Waals surface area contributed by atoms with Crippen molar-refractivity contribution in [2.24, 2.45) is 5.73 Å². The number of aryl methyl sites for hydroxylation is 3. The maximum Gasteiger partial charge on any atom is 0.101 e. The number of benzene rings is 1. The Hall–Kier alpha value is -1.06. The number of rotatable bonds is 2. The van der Waals surface area contributed by atoms with Gasteiger partial charge in [-0.2, -0.15) is 0 Å². The van der Waals surface area contributed by atoms with Crippen LogP contribution in [-0.2, 0) is 0 Å². The van der Waals surface area contributed by atoms with Crippen molar-refractivity contribution < 1.29 is 4.42 Å². The van der Waals surface area contributed by atoms with E-state index in [0.29, 0.717) is 0 Å². The molecule has 1 atom stereocenters. The third kappa shape index (κ3) is 2.45. The van der Waals surface area contributed by atoms with Crippen molar-refractivity contribution in [1.29, 1.82) is 0 Å². The summed E-state index contributed by atoms with van der Waals surface area (Å²) in [6.07, 6.45) is 1.73. The van der Waals surface area contributed by atoms with Crippen LogP contribution in [0.1, 0.15) is 34.1 Å². The van der Waals surface area contributed by atoms with E-state index in [1.54, 1.807) is 6.26 Å². The van der Waals surface area contributed by atoms with E-state index in [-0.39, 0.29) is 6.04 Å². The zero-order valence-electron chi connectivity index (χ0n) is 10.3. The highest BCUT2D eigenvalue weighted by molar-refractivity contribution is 9.10. The molecule has 2 rings (SSSR count). The summed E-state index contributed by atoms with van der Waals surface area (Å²) in [6, 6.07) is 6.10. The smallest absolute Gasteiger partial charge is 0.101 e. The van der Waals surface area contributed by atoms with Crippen LogP contribution in [0.4, 0.5) is 0 Å². The van der Waals surface area contributed by atoms with E-state index in [1.165, 1.54) is 11.1 Å². The maximum atomic E-state index is 6.27. The number of furan rings is 1. The number of hydrogen-bond acceptors (Lipinski definition) is 2. The topological polar surface area (TPSA) is 39.2 Å². The largest absolute Gasteiger partial charge is 0.469 e. The van der Waals surface area contributed by atoms with Gasteiger partial charge in [0.1, 0.15) is 5.76 Å². The molecule has 0 saturated carbocycles. The highest BCUT2D eigenvalue weighted by atomic mass is 79.9. The van der Waals surface area contributed by atoms with Crippen LogP contribution >= 0.6 is 15.9 Å². The van der Waals surface area contributed by atoms with Crippen molar-refractivity contribution in [3.05, 3.63) is 56.9 Å². The summed E-state index contributed by atoms with van der Waals surface area (Å²) in [6.45, 7) is 6.07. The predicted molar refractivity (Wildman–Crippen MR) is 73.1 cm³/mol. The average Bonchev–Trinajstić information content (AvgIpc) is 2.69. The number of halogens is 1. The minimum absolute atomic E-state index is 0.126. The quantitative estimate of drug-likeness (QED) is 0.908. The molecule has 0 aliphatic heterocycles.